The Morgan fingerprint density at radius 1 is 1.19 bits per heavy atom. The monoisotopic (exact) mass is 523 g/mol. The lowest BCUT2D eigenvalue weighted by molar-refractivity contribution is -0.143. The van der Waals surface area contributed by atoms with Gasteiger partial charge in [-0.2, -0.15) is 0 Å². The second kappa shape index (κ2) is 9.27. The fraction of sp³-hybridized carbons (Fsp3) is 0.458. The molecule has 3 heterocycles. The molecule has 13 heteroatoms. The Labute approximate surface area is 209 Å². The molecule has 0 unspecified atom stereocenters. The Morgan fingerprint density at radius 2 is 1.86 bits per heavy atom. The van der Waals surface area contributed by atoms with Crippen LogP contribution in [0.3, 0.4) is 0 Å². The second-order valence-corrected chi connectivity index (χ2v) is 9.57. The maximum atomic E-state index is 14.4. The van der Waals surface area contributed by atoms with E-state index >= 15 is 0 Å². The van der Waals surface area contributed by atoms with Gasteiger partial charge in [-0.05, 0) is 38.3 Å². The molecule has 1 aliphatic heterocycles. The number of hydrogen-bond acceptors (Lipinski definition) is 5. The molecule has 2 aromatic rings. The van der Waals surface area contributed by atoms with Gasteiger partial charge in [-0.25, -0.2) is 17.6 Å². The van der Waals surface area contributed by atoms with E-state index in [4.69, 9.17) is 0 Å². The second-order valence-electron chi connectivity index (χ2n) is 9.57. The van der Waals surface area contributed by atoms with Crippen LogP contribution in [0.2, 0.25) is 0 Å². The average molecular weight is 523 g/mol. The predicted octanol–water partition coefficient (Wildman–Crippen LogP) is 2.77. The van der Waals surface area contributed by atoms with Gasteiger partial charge in [0.05, 0.1) is 11.3 Å². The lowest BCUT2D eigenvalue weighted by Gasteiger charge is -2.48. The quantitative estimate of drug-likeness (QED) is 0.293. The number of likely N-dealkylation sites (N-methyl/N-ethyl adjacent to an activating group) is 1. The minimum Gasteiger partial charge on any atom is -0.357 e. The molecule has 0 bridgehead atoms. The van der Waals surface area contributed by atoms with Crippen LogP contribution >= 0.6 is 0 Å². The van der Waals surface area contributed by atoms with Crippen molar-refractivity contribution in [3.63, 3.8) is 0 Å². The van der Waals surface area contributed by atoms with Crippen LogP contribution in [0.1, 0.15) is 70.4 Å². The van der Waals surface area contributed by atoms with E-state index < -0.39 is 58.3 Å². The fourth-order valence-electron chi connectivity index (χ4n) is 5.34. The van der Waals surface area contributed by atoms with Crippen molar-refractivity contribution in [2.75, 3.05) is 12.4 Å². The lowest BCUT2D eigenvalue weighted by Crippen LogP contribution is -2.70. The molecule has 3 amide bonds. The Hall–Kier alpha value is -3.77. The first-order valence-electron chi connectivity index (χ1n) is 11.6. The van der Waals surface area contributed by atoms with E-state index in [2.05, 4.69) is 20.9 Å². The first kappa shape index (κ1) is 26.3. The first-order valence-corrected chi connectivity index (χ1v) is 11.6. The largest absolute Gasteiger partial charge is 0.357 e. The molecule has 2 aromatic heterocycles. The van der Waals surface area contributed by atoms with Gasteiger partial charge in [-0.15, -0.1) is 0 Å². The number of Topliss-reactive ketones (excluding diaryl/α,β-unsaturated/α-hetero) is 1. The van der Waals surface area contributed by atoms with Gasteiger partial charge < -0.3 is 20.5 Å². The van der Waals surface area contributed by atoms with Crippen LogP contribution in [0.5, 0.6) is 0 Å². The number of nitrogens with zero attached hydrogens (tertiary/aromatic N) is 2. The van der Waals surface area contributed by atoms with Crippen LogP contribution in [0, 0.1) is 12.7 Å². The van der Waals surface area contributed by atoms with Gasteiger partial charge in [-0.1, -0.05) is 0 Å². The molecular weight excluding hydrogens is 498 g/mol. The summed E-state index contributed by atoms with van der Waals surface area (Å²) in [6.07, 6.45) is -1.96. The number of pyridine rings is 1. The summed E-state index contributed by atoms with van der Waals surface area (Å²) < 4.78 is 56.2. The number of carbonyl (C=O) groups excluding carboxylic acids is 4. The number of hydrogen-bond donors (Lipinski definition) is 3. The molecule has 9 nitrogen and oxygen atoms in total. The van der Waals surface area contributed by atoms with E-state index in [9.17, 15) is 36.7 Å². The van der Waals surface area contributed by atoms with Crippen molar-refractivity contribution in [1.29, 1.82) is 0 Å². The normalized spacial score (nSPS) is 22.3. The molecule has 0 aromatic carbocycles. The van der Waals surface area contributed by atoms with Crippen molar-refractivity contribution in [1.82, 2.24) is 20.2 Å². The first-order chi connectivity index (χ1) is 17.3. The Kier molecular flexibility index (Phi) is 6.59. The highest BCUT2D eigenvalue weighted by Gasteiger charge is 2.58. The number of carbonyl (C=O) groups is 4. The molecule has 4 rings (SSSR count). The van der Waals surface area contributed by atoms with Crippen LogP contribution in [-0.4, -0.2) is 51.3 Å². The molecule has 0 radical (unpaired) electrons. The summed E-state index contributed by atoms with van der Waals surface area (Å²) in [6.45, 7) is 3.05. The third-order valence-electron chi connectivity index (χ3n) is 6.78. The standard InChI is InChI=1S/C24H25F4N5O4/c1-11-14(18(34)21(36)32-24(22(37)29-3)9-23(2,28)10-24)13-5-4-8-33(13)17(11)20(35)31-12-6-7-30-16(15(12)25)19(26)27/h6-7,19H,4-5,8-10H2,1-3H3,(H,29,37)(H,32,36)(H,30,31,35). The summed E-state index contributed by atoms with van der Waals surface area (Å²) in [6, 6.07) is 1.03. The maximum Gasteiger partial charge on any atom is 0.293 e. The summed E-state index contributed by atoms with van der Waals surface area (Å²) in [5.41, 5.74) is -4.43. The Balaban J connectivity index is 1.63. The summed E-state index contributed by atoms with van der Waals surface area (Å²) in [7, 11) is 1.33. The molecule has 37 heavy (non-hydrogen) atoms. The number of amides is 3. The molecular formula is C24H25F4N5O4. The molecule has 0 spiro atoms. The van der Waals surface area contributed by atoms with Crippen LogP contribution in [-0.2, 0) is 22.6 Å². The van der Waals surface area contributed by atoms with Crippen molar-refractivity contribution in [2.45, 2.75) is 63.7 Å². The molecule has 1 saturated carbocycles. The highest BCUT2D eigenvalue weighted by atomic mass is 19.3. The fourth-order valence-corrected chi connectivity index (χ4v) is 5.34. The topological polar surface area (TPSA) is 122 Å². The minimum absolute atomic E-state index is 0.0283. The summed E-state index contributed by atoms with van der Waals surface area (Å²) in [5, 5.41) is 6.99. The van der Waals surface area contributed by atoms with E-state index in [1.54, 1.807) is 0 Å². The van der Waals surface area contributed by atoms with Gasteiger partial charge in [0.15, 0.2) is 5.82 Å². The smallest absolute Gasteiger partial charge is 0.293 e. The molecule has 1 fully saturated rings. The predicted molar refractivity (Wildman–Crippen MR) is 123 cm³/mol. The Morgan fingerprint density at radius 3 is 2.46 bits per heavy atom. The van der Waals surface area contributed by atoms with Crippen LogP contribution < -0.4 is 16.0 Å². The van der Waals surface area contributed by atoms with E-state index in [1.807, 2.05) is 0 Å². The van der Waals surface area contributed by atoms with Gasteiger partial charge in [0.2, 0.25) is 5.91 Å². The van der Waals surface area contributed by atoms with Crippen molar-refractivity contribution in [3.8, 4) is 0 Å². The van der Waals surface area contributed by atoms with E-state index in [1.165, 1.54) is 25.5 Å². The molecule has 2 aliphatic rings. The van der Waals surface area contributed by atoms with Gasteiger partial charge in [0, 0.05) is 38.3 Å². The molecule has 1 aliphatic carbocycles. The van der Waals surface area contributed by atoms with Crippen molar-refractivity contribution >= 4 is 29.2 Å². The summed E-state index contributed by atoms with van der Waals surface area (Å²) in [5.74, 6) is -5.01. The van der Waals surface area contributed by atoms with E-state index in [-0.39, 0.29) is 29.7 Å². The maximum absolute atomic E-state index is 14.4. The molecule has 0 atom stereocenters. The summed E-state index contributed by atoms with van der Waals surface area (Å²) in [4.78, 5) is 55.0. The van der Waals surface area contributed by atoms with Gasteiger partial charge in [0.25, 0.3) is 24.0 Å². The number of anilines is 1. The zero-order valence-corrected chi connectivity index (χ0v) is 20.3. The Bertz CT molecular complexity index is 1310. The van der Waals surface area contributed by atoms with Gasteiger partial charge in [-0.3, -0.25) is 24.2 Å². The SMILES string of the molecule is CNC(=O)C1(NC(=O)C(=O)c2c(C)c(C(=O)Nc3ccnc(C(F)F)c3F)n3c2CCC3)CC(C)(F)C1. The number of rotatable bonds is 7. The number of aromatic nitrogens is 2. The average Bonchev–Trinajstić information content (AvgIpc) is 3.37. The minimum atomic E-state index is -3.19. The third-order valence-corrected chi connectivity index (χ3v) is 6.78. The number of alkyl halides is 3. The number of fused-ring (bicyclic) bond motifs is 1. The lowest BCUT2D eigenvalue weighted by atomic mass is 9.66. The molecule has 0 saturated heterocycles. The van der Waals surface area contributed by atoms with Gasteiger partial charge >= 0.3 is 0 Å². The summed E-state index contributed by atoms with van der Waals surface area (Å²) >= 11 is 0. The highest BCUT2D eigenvalue weighted by Crippen LogP contribution is 2.44. The van der Waals surface area contributed by atoms with Crippen molar-refractivity contribution < 1.29 is 36.7 Å². The van der Waals surface area contributed by atoms with E-state index in [0.717, 1.165) is 12.3 Å². The third kappa shape index (κ3) is 4.46. The van der Waals surface area contributed by atoms with Crippen LogP contribution in [0.25, 0.3) is 0 Å². The van der Waals surface area contributed by atoms with Crippen molar-refractivity contribution in [2.24, 2.45) is 0 Å². The highest BCUT2D eigenvalue weighted by molar-refractivity contribution is 6.44. The number of nitrogens with one attached hydrogen (secondary N) is 3. The van der Waals surface area contributed by atoms with Crippen LogP contribution in [0.4, 0.5) is 23.2 Å². The number of halogens is 4. The van der Waals surface area contributed by atoms with Crippen molar-refractivity contribution in [3.05, 3.63) is 46.3 Å². The van der Waals surface area contributed by atoms with Crippen LogP contribution in [0.15, 0.2) is 12.3 Å². The number of ketones is 1. The van der Waals surface area contributed by atoms with E-state index in [0.29, 0.717) is 25.1 Å². The zero-order chi connectivity index (χ0) is 27.3. The molecule has 3 N–H and O–H groups in total. The van der Waals surface area contributed by atoms with Gasteiger partial charge in [0.1, 0.15) is 22.6 Å². The molecule has 198 valence electrons. The zero-order valence-electron chi connectivity index (χ0n) is 20.3.